The Hall–Kier alpha value is -1.75. The maximum Gasteiger partial charge on any atom is 0.315 e. The molecule has 21 heavy (non-hydrogen) atoms. The first-order chi connectivity index (χ1) is 10.2. The van der Waals surface area contributed by atoms with Gasteiger partial charge in [-0.15, -0.1) is 0 Å². The quantitative estimate of drug-likeness (QED) is 0.886. The van der Waals surface area contributed by atoms with Crippen molar-refractivity contribution in [1.29, 1.82) is 0 Å². The number of fused-ring (bicyclic) bond motifs is 1. The van der Waals surface area contributed by atoms with Gasteiger partial charge in [-0.3, -0.25) is 0 Å². The molecular formula is C16H22N2O3. The van der Waals surface area contributed by atoms with Crippen LogP contribution in [0.4, 0.5) is 4.79 Å². The molecule has 2 aliphatic rings. The first-order valence-electron chi connectivity index (χ1n) is 7.63. The van der Waals surface area contributed by atoms with Gasteiger partial charge in [-0.25, -0.2) is 4.79 Å². The number of hydrogen-bond acceptors (Lipinski definition) is 3. The minimum atomic E-state index is -0.109. The van der Waals surface area contributed by atoms with Gasteiger partial charge in [-0.1, -0.05) is 12.1 Å². The molecule has 2 aliphatic heterocycles. The Bertz CT molecular complexity index is 518. The monoisotopic (exact) mass is 290 g/mol. The van der Waals surface area contributed by atoms with E-state index in [1.54, 1.807) is 0 Å². The van der Waals surface area contributed by atoms with Gasteiger partial charge >= 0.3 is 6.03 Å². The van der Waals surface area contributed by atoms with Gasteiger partial charge in [0.2, 0.25) is 0 Å². The van der Waals surface area contributed by atoms with Crippen LogP contribution in [-0.2, 0) is 17.6 Å². The molecule has 1 aromatic carbocycles. The molecule has 2 heterocycles. The van der Waals surface area contributed by atoms with Crippen molar-refractivity contribution in [3.63, 3.8) is 0 Å². The standard InChI is InChI=1S/C16H22N2O3/c1-11-14(6-9-20-11)18-16(19)17-7-4-12-2-3-15-13(10-12)5-8-21-15/h2-3,10-11,14H,4-9H2,1H3,(H2,17,18,19)/t11-,14-/m0/s1. The lowest BCUT2D eigenvalue weighted by Crippen LogP contribution is -2.45. The fourth-order valence-electron chi connectivity index (χ4n) is 2.86. The second kappa shape index (κ2) is 6.35. The Morgan fingerprint density at radius 2 is 2.29 bits per heavy atom. The number of nitrogens with one attached hydrogen (secondary N) is 2. The van der Waals surface area contributed by atoms with Gasteiger partial charge in [0.05, 0.1) is 18.8 Å². The van der Waals surface area contributed by atoms with Crippen molar-refractivity contribution in [1.82, 2.24) is 10.6 Å². The molecular weight excluding hydrogens is 268 g/mol. The van der Waals surface area contributed by atoms with E-state index >= 15 is 0 Å². The second-order valence-corrected chi connectivity index (χ2v) is 5.66. The highest BCUT2D eigenvalue weighted by atomic mass is 16.5. The number of amides is 2. The van der Waals surface area contributed by atoms with Crippen molar-refractivity contribution in [2.45, 2.75) is 38.3 Å². The van der Waals surface area contributed by atoms with Gasteiger partial charge in [0, 0.05) is 19.6 Å². The number of carbonyl (C=O) groups excluding carboxylic acids is 1. The Labute approximate surface area is 125 Å². The fourth-order valence-corrected chi connectivity index (χ4v) is 2.86. The molecule has 3 rings (SSSR count). The van der Waals surface area contributed by atoms with Crippen LogP contribution in [0.1, 0.15) is 24.5 Å². The molecule has 0 bridgehead atoms. The van der Waals surface area contributed by atoms with E-state index in [-0.39, 0.29) is 18.2 Å². The summed E-state index contributed by atoms with van der Waals surface area (Å²) >= 11 is 0. The lowest BCUT2D eigenvalue weighted by atomic mass is 10.1. The van der Waals surface area contributed by atoms with Crippen molar-refractivity contribution in [3.8, 4) is 5.75 Å². The van der Waals surface area contributed by atoms with Crippen molar-refractivity contribution >= 4 is 6.03 Å². The van der Waals surface area contributed by atoms with Crippen LogP contribution < -0.4 is 15.4 Å². The molecule has 1 fully saturated rings. The summed E-state index contributed by atoms with van der Waals surface area (Å²) in [5.41, 5.74) is 2.51. The summed E-state index contributed by atoms with van der Waals surface area (Å²) < 4.78 is 10.9. The van der Waals surface area contributed by atoms with Crippen molar-refractivity contribution < 1.29 is 14.3 Å². The summed E-state index contributed by atoms with van der Waals surface area (Å²) in [4.78, 5) is 11.8. The van der Waals surface area contributed by atoms with Gasteiger partial charge < -0.3 is 20.1 Å². The average molecular weight is 290 g/mol. The van der Waals surface area contributed by atoms with E-state index in [1.807, 2.05) is 13.0 Å². The van der Waals surface area contributed by atoms with Gasteiger partial charge in [-0.05, 0) is 37.0 Å². The highest BCUT2D eigenvalue weighted by Gasteiger charge is 2.25. The van der Waals surface area contributed by atoms with E-state index in [1.165, 1.54) is 11.1 Å². The predicted molar refractivity (Wildman–Crippen MR) is 79.7 cm³/mol. The van der Waals surface area contributed by atoms with Gasteiger partial charge in [0.15, 0.2) is 0 Å². The minimum absolute atomic E-state index is 0.104. The lowest BCUT2D eigenvalue weighted by molar-refractivity contribution is 0.114. The largest absolute Gasteiger partial charge is 0.493 e. The molecule has 0 spiro atoms. The summed E-state index contributed by atoms with van der Waals surface area (Å²) in [6.07, 6.45) is 2.81. The van der Waals surface area contributed by atoms with Crippen molar-refractivity contribution in [2.24, 2.45) is 0 Å². The highest BCUT2D eigenvalue weighted by Crippen LogP contribution is 2.25. The van der Waals surface area contributed by atoms with Crippen molar-refractivity contribution in [2.75, 3.05) is 19.8 Å². The van der Waals surface area contributed by atoms with E-state index < -0.39 is 0 Å². The maximum absolute atomic E-state index is 11.8. The van der Waals surface area contributed by atoms with Gasteiger partial charge in [0.25, 0.3) is 0 Å². The van der Waals surface area contributed by atoms with Crippen LogP contribution in [0.25, 0.3) is 0 Å². The van der Waals surface area contributed by atoms with Crippen LogP contribution in [0.3, 0.4) is 0 Å². The Balaban J connectivity index is 1.42. The molecule has 0 unspecified atom stereocenters. The van der Waals surface area contributed by atoms with Crippen LogP contribution >= 0.6 is 0 Å². The number of ether oxygens (including phenoxy) is 2. The third-order valence-corrected chi connectivity index (χ3v) is 4.15. The Kier molecular flexibility index (Phi) is 4.29. The smallest absolute Gasteiger partial charge is 0.315 e. The van der Waals surface area contributed by atoms with Crippen LogP contribution in [0, 0.1) is 0 Å². The summed E-state index contributed by atoms with van der Waals surface area (Å²) in [6.45, 7) is 4.13. The molecule has 114 valence electrons. The molecule has 2 amide bonds. The van der Waals surface area contributed by atoms with E-state index in [9.17, 15) is 4.79 Å². The second-order valence-electron chi connectivity index (χ2n) is 5.66. The number of rotatable bonds is 4. The summed E-state index contributed by atoms with van der Waals surface area (Å²) in [5.74, 6) is 1.000. The Morgan fingerprint density at radius 1 is 1.38 bits per heavy atom. The summed E-state index contributed by atoms with van der Waals surface area (Å²) in [6, 6.07) is 6.28. The first kappa shape index (κ1) is 14.2. The third-order valence-electron chi connectivity index (χ3n) is 4.15. The molecule has 5 heteroatoms. The normalized spacial score (nSPS) is 23.5. The van der Waals surface area contributed by atoms with Gasteiger partial charge in [-0.2, -0.15) is 0 Å². The molecule has 0 aliphatic carbocycles. The van der Waals surface area contributed by atoms with E-state index in [4.69, 9.17) is 9.47 Å². The van der Waals surface area contributed by atoms with Crippen LogP contribution in [-0.4, -0.2) is 37.9 Å². The van der Waals surface area contributed by atoms with Crippen LogP contribution in [0.2, 0.25) is 0 Å². The average Bonchev–Trinajstić information content (AvgIpc) is 3.08. The summed E-state index contributed by atoms with van der Waals surface area (Å²) in [5, 5.41) is 5.87. The van der Waals surface area contributed by atoms with Gasteiger partial charge in [0.1, 0.15) is 5.75 Å². The topological polar surface area (TPSA) is 59.6 Å². The molecule has 0 radical (unpaired) electrons. The number of urea groups is 1. The van der Waals surface area contributed by atoms with Crippen molar-refractivity contribution in [3.05, 3.63) is 29.3 Å². The zero-order chi connectivity index (χ0) is 14.7. The maximum atomic E-state index is 11.8. The van der Waals surface area contributed by atoms with E-state index in [2.05, 4.69) is 22.8 Å². The molecule has 0 saturated carbocycles. The van der Waals surface area contributed by atoms with E-state index in [0.717, 1.165) is 38.2 Å². The molecule has 0 aromatic heterocycles. The number of hydrogen-bond donors (Lipinski definition) is 2. The molecule has 5 nitrogen and oxygen atoms in total. The van der Waals surface area contributed by atoms with E-state index in [0.29, 0.717) is 6.54 Å². The first-order valence-corrected chi connectivity index (χ1v) is 7.63. The molecule has 2 N–H and O–H groups in total. The SMILES string of the molecule is C[C@@H]1OCC[C@@H]1NC(=O)NCCc1ccc2c(c1)CCO2. The lowest BCUT2D eigenvalue weighted by Gasteiger charge is -2.16. The molecule has 2 atom stereocenters. The fraction of sp³-hybridized carbons (Fsp3) is 0.562. The van der Waals surface area contributed by atoms with Crippen LogP contribution in [0.15, 0.2) is 18.2 Å². The van der Waals surface area contributed by atoms with Crippen LogP contribution in [0.5, 0.6) is 5.75 Å². The number of benzene rings is 1. The zero-order valence-electron chi connectivity index (χ0n) is 12.4. The molecule has 1 aromatic rings. The highest BCUT2D eigenvalue weighted by molar-refractivity contribution is 5.74. The third kappa shape index (κ3) is 3.47. The Morgan fingerprint density at radius 3 is 3.10 bits per heavy atom. The predicted octanol–water partition coefficient (Wildman–Crippen LogP) is 1.64. The minimum Gasteiger partial charge on any atom is -0.493 e. The number of carbonyl (C=O) groups is 1. The molecule has 1 saturated heterocycles. The summed E-state index contributed by atoms with van der Waals surface area (Å²) in [7, 11) is 0. The zero-order valence-corrected chi connectivity index (χ0v) is 12.4.